The van der Waals surface area contributed by atoms with Crippen LogP contribution in [0.15, 0.2) is 11.6 Å². The van der Waals surface area contributed by atoms with Crippen LogP contribution in [0.1, 0.15) is 26.7 Å². The third-order valence-corrected chi connectivity index (χ3v) is 1.32. The Balaban J connectivity index is 3.80. The molecule has 0 fully saturated rings. The number of Topliss-reactive ketones (excluding diaryl/α,β-unsaturated/α-hetero) is 1. The van der Waals surface area contributed by atoms with E-state index >= 15 is 0 Å². The van der Waals surface area contributed by atoms with Crippen LogP contribution in [0.2, 0.25) is 0 Å². The highest BCUT2D eigenvalue weighted by molar-refractivity contribution is 5.95. The molecule has 0 bridgehead atoms. The first kappa shape index (κ1) is 9.37. The summed E-state index contributed by atoms with van der Waals surface area (Å²) in [5, 5.41) is 8.41. The average molecular weight is 142 g/mol. The van der Waals surface area contributed by atoms with Gasteiger partial charge in [0.1, 0.15) is 6.61 Å². The number of unbranched alkanes of at least 4 members (excludes halogenated alkanes) is 1. The summed E-state index contributed by atoms with van der Waals surface area (Å²) < 4.78 is 0. The predicted molar refractivity (Wildman–Crippen MR) is 40.8 cm³/mol. The van der Waals surface area contributed by atoms with Gasteiger partial charge in [0, 0.05) is 0 Å². The molecule has 0 unspecified atom stereocenters. The lowest BCUT2D eigenvalue weighted by atomic mass is 10.1. The molecule has 0 saturated carbocycles. The molecule has 58 valence electrons. The van der Waals surface area contributed by atoms with Gasteiger partial charge in [0.15, 0.2) is 5.78 Å². The van der Waals surface area contributed by atoms with E-state index in [1.165, 1.54) is 0 Å². The summed E-state index contributed by atoms with van der Waals surface area (Å²) in [5.74, 6) is -0.173. The number of carbonyl (C=O) groups excluding carboxylic acids is 1. The molecule has 10 heavy (non-hydrogen) atoms. The van der Waals surface area contributed by atoms with Gasteiger partial charge < -0.3 is 5.11 Å². The third-order valence-electron chi connectivity index (χ3n) is 1.32. The van der Waals surface area contributed by atoms with Crippen LogP contribution in [-0.2, 0) is 4.79 Å². The van der Waals surface area contributed by atoms with Crippen molar-refractivity contribution < 1.29 is 9.90 Å². The van der Waals surface area contributed by atoms with Gasteiger partial charge in [-0.3, -0.25) is 4.79 Å². The summed E-state index contributed by atoms with van der Waals surface area (Å²) in [7, 11) is 0. The molecule has 0 aliphatic heterocycles. The maximum absolute atomic E-state index is 10.7. The van der Waals surface area contributed by atoms with Crippen LogP contribution in [-0.4, -0.2) is 17.5 Å². The van der Waals surface area contributed by atoms with Gasteiger partial charge in [-0.15, -0.1) is 0 Å². The van der Waals surface area contributed by atoms with Crippen molar-refractivity contribution in [2.45, 2.75) is 26.7 Å². The Morgan fingerprint density at radius 1 is 1.60 bits per heavy atom. The minimum absolute atomic E-state index is 0.173. The Labute approximate surface area is 61.6 Å². The molecule has 0 aromatic heterocycles. The van der Waals surface area contributed by atoms with Crippen molar-refractivity contribution in [3.05, 3.63) is 11.6 Å². The summed E-state index contributed by atoms with van der Waals surface area (Å²) in [5.41, 5.74) is 0.671. The van der Waals surface area contributed by atoms with Crippen LogP contribution in [0.3, 0.4) is 0 Å². The van der Waals surface area contributed by atoms with E-state index in [0.717, 1.165) is 12.8 Å². The molecule has 0 aromatic carbocycles. The van der Waals surface area contributed by atoms with Crippen molar-refractivity contribution >= 4 is 5.78 Å². The zero-order valence-corrected chi connectivity index (χ0v) is 6.55. The van der Waals surface area contributed by atoms with Crippen molar-refractivity contribution in [1.82, 2.24) is 0 Å². The second kappa shape index (κ2) is 5.18. The van der Waals surface area contributed by atoms with E-state index in [4.69, 9.17) is 5.11 Å². The van der Waals surface area contributed by atoms with E-state index in [0.29, 0.717) is 5.57 Å². The van der Waals surface area contributed by atoms with Gasteiger partial charge in [-0.25, -0.2) is 0 Å². The highest BCUT2D eigenvalue weighted by Crippen LogP contribution is 1.98. The quantitative estimate of drug-likeness (QED) is 0.600. The van der Waals surface area contributed by atoms with E-state index in [2.05, 4.69) is 0 Å². The lowest BCUT2D eigenvalue weighted by Gasteiger charge is -1.94. The average Bonchev–Trinajstić information content (AvgIpc) is 1.98. The first-order valence-electron chi connectivity index (χ1n) is 3.53. The number of aliphatic hydroxyl groups is 1. The van der Waals surface area contributed by atoms with Gasteiger partial charge in [-0.2, -0.15) is 0 Å². The Hall–Kier alpha value is -0.630. The van der Waals surface area contributed by atoms with Gasteiger partial charge in [-0.1, -0.05) is 19.4 Å². The molecule has 0 saturated heterocycles. The summed E-state index contributed by atoms with van der Waals surface area (Å²) in [4.78, 5) is 10.7. The molecular weight excluding hydrogens is 128 g/mol. The molecule has 0 aliphatic rings. The summed E-state index contributed by atoms with van der Waals surface area (Å²) in [6.07, 6.45) is 3.81. The van der Waals surface area contributed by atoms with Crippen LogP contribution in [0, 0.1) is 0 Å². The van der Waals surface area contributed by atoms with Crippen molar-refractivity contribution in [2.75, 3.05) is 6.61 Å². The number of hydrogen-bond acceptors (Lipinski definition) is 2. The second-order valence-electron chi connectivity index (χ2n) is 2.26. The molecule has 0 rings (SSSR count). The largest absolute Gasteiger partial charge is 0.388 e. The van der Waals surface area contributed by atoms with E-state index in [1.807, 2.05) is 13.0 Å². The van der Waals surface area contributed by atoms with E-state index in [1.54, 1.807) is 6.92 Å². The standard InChI is InChI=1S/C8H14O2/c1-3-4-5-7(2)8(10)6-9/h5,9H,3-4,6H2,1-2H3/b7-5+. The number of hydrogen-bond donors (Lipinski definition) is 1. The van der Waals surface area contributed by atoms with Crippen molar-refractivity contribution in [2.24, 2.45) is 0 Å². The molecule has 0 radical (unpaired) electrons. The summed E-state index contributed by atoms with van der Waals surface area (Å²) in [6, 6.07) is 0. The SMILES string of the molecule is CCC/C=C(\C)C(=O)CO. The van der Waals surface area contributed by atoms with Crippen molar-refractivity contribution in [1.29, 1.82) is 0 Å². The van der Waals surface area contributed by atoms with Crippen LogP contribution in [0.4, 0.5) is 0 Å². The molecule has 0 aliphatic carbocycles. The molecule has 0 amide bonds. The summed E-state index contributed by atoms with van der Waals surface area (Å²) in [6.45, 7) is 3.41. The third kappa shape index (κ3) is 3.41. The number of rotatable bonds is 4. The first-order chi connectivity index (χ1) is 4.72. The van der Waals surface area contributed by atoms with E-state index < -0.39 is 0 Å². The Morgan fingerprint density at radius 2 is 2.20 bits per heavy atom. The van der Waals surface area contributed by atoms with Crippen LogP contribution in [0.5, 0.6) is 0 Å². The predicted octanol–water partition coefficient (Wildman–Crippen LogP) is 1.29. The molecule has 0 spiro atoms. The maximum atomic E-state index is 10.7. The summed E-state index contributed by atoms with van der Waals surface area (Å²) >= 11 is 0. The van der Waals surface area contributed by atoms with E-state index in [9.17, 15) is 4.79 Å². The lowest BCUT2D eigenvalue weighted by molar-refractivity contribution is -0.118. The van der Waals surface area contributed by atoms with Gasteiger partial charge in [0.25, 0.3) is 0 Å². The molecular formula is C8H14O2. The molecule has 0 heterocycles. The molecule has 0 atom stereocenters. The fraction of sp³-hybridized carbons (Fsp3) is 0.625. The maximum Gasteiger partial charge on any atom is 0.183 e. The Kier molecular flexibility index (Phi) is 4.85. The number of ketones is 1. The van der Waals surface area contributed by atoms with Crippen LogP contribution in [0.25, 0.3) is 0 Å². The molecule has 0 aromatic rings. The first-order valence-corrected chi connectivity index (χ1v) is 3.53. The Bertz CT molecular complexity index is 136. The highest BCUT2D eigenvalue weighted by Gasteiger charge is 1.99. The highest BCUT2D eigenvalue weighted by atomic mass is 16.3. The van der Waals surface area contributed by atoms with Crippen molar-refractivity contribution in [3.63, 3.8) is 0 Å². The Morgan fingerprint density at radius 3 is 2.60 bits per heavy atom. The monoisotopic (exact) mass is 142 g/mol. The smallest absolute Gasteiger partial charge is 0.183 e. The van der Waals surface area contributed by atoms with Crippen LogP contribution < -0.4 is 0 Å². The van der Waals surface area contributed by atoms with Crippen molar-refractivity contribution in [3.8, 4) is 0 Å². The fourth-order valence-electron chi connectivity index (χ4n) is 0.599. The minimum atomic E-state index is -0.369. The normalized spacial score (nSPS) is 11.7. The zero-order chi connectivity index (χ0) is 7.98. The van der Waals surface area contributed by atoms with Gasteiger partial charge in [0.2, 0.25) is 0 Å². The molecule has 1 N–H and O–H groups in total. The number of aliphatic hydroxyl groups excluding tert-OH is 1. The minimum Gasteiger partial charge on any atom is -0.388 e. The fourth-order valence-corrected chi connectivity index (χ4v) is 0.599. The second-order valence-corrected chi connectivity index (χ2v) is 2.26. The van der Waals surface area contributed by atoms with Gasteiger partial charge in [0.05, 0.1) is 0 Å². The van der Waals surface area contributed by atoms with Crippen LogP contribution >= 0.6 is 0 Å². The van der Waals surface area contributed by atoms with Gasteiger partial charge in [-0.05, 0) is 18.9 Å². The number of allylic oxidation sites excluding steroid dienone is 1. The topological polar surface area (TPSA) is 37.3 Å². The molecule has 2 heteroatoms. The van der Waals surface area contributed by atoms with E-state index in [-0.39, 0.29) is 12.4 Å². The van der Waals surface area contributed by atoms with Gasteiger partial charge >= 0.3 is 0 Å². The lowest BCUT2D eigenvalue weighted by Crippen LogP contribution is -2.04. The zero-order valence-electron chi connectivity index (χ0n) is 6.55. The molecule has 2 nitrogen and oxygen atoms in total. The number of carbonyl (C=O) groups is 1.